The molecule has 2 aromatic carbocycles. The van der Waals surface area contributed by atoms with Crippen molar-refractivity contribution >= 4 is 11.6 Å². The Morgan fingerprint density at radius 3 is 2.33 bits per heavy atom. The third kappa shape index (κ3) is 1.18. The van der Waals surface area contributed by atoms with Crippen LogP contribution in [-0.2, 0) is 0 Å². The number of rotatable bonds is 0. The molecule has 5 rings (SSSR count). The van der Waals surface area contributed by atoms with Crippen molar-refractivity contribution in [1.29, 1.82) is 0 Å². The molecular weight excluding hydrogens is 244 g/mol. The maximum absolute atomic E-state index is 10.3. The number of halogens is 1. The normalized spacial score (nSPS) is 23.6. The molecule has 0 fully saturated rings. The zero-order valence-corrected chi connectivity index (χ0v) is 10.6. The van der Waals surface area contributed by atoms with Crippen LogP contribution in [0, 0.1) is 0 Å². The summed E-state index contributed by atoms with van der Waals surface area (Å²) in [7, 11) is 0. The minimum absolute atomic E-state index is 0.290. The van der Waals surface area contributed by atoms with E-state index in [1.807, 2.05) is 6.07 Å². The average molecular weight is 257 g/mol. The molecule has 0 saturated heterocycles. The highest BCUT2D eigenvalue weighted by Crippen LogP contribution is 2.55. The van der Waals surface area contributed by atoms with Crippen molar-refractivity contribution in [3.05, 3.63) is 63.7 Å². The van der Waals surface area contributed by atoms with Crippen LogP contribution in [0.25, 0.3) is 0 Å². The Balaban J connectivity index is 2.04. The molecule has 1 nitrogen and oxygen atoms in total. The Labute approximate surface area is 111 Å². The minimum atomic E-state index is 0.290. The lowest BCUT2D eigenvalue weighted by Crippen LogP contribution is -2.24. The van der Waals surface area contributed by atoms with Gasteiger partial charge in [0.25, 0.3) is 0 Å². The molecule has 1 N–H and O–H groups in total. The molecule has 0 heterocycles. The summed E-state index contributed by atoms with van der Waals surface area (Å²) in [5.74, 6) is 1.04. The van der Waals surface area contributed by atoms with Crippen molar-refractivity contribution in [3.63, 3.8) is 0 Å². The first-order chi connectivity index (χ1) is 8.77. The van der Waals surface area contributed by atoms with Gasteiger partial charge in [0.1, 0.15) is 5.75 Å². The molecule has 2 aromatic rings. The van der Waals surface area contributed by atoms with Crippen LogP contribution in [-0.4, -0.2) is 5.11 Å². The van der Waals surface area contributed by atoms with Crippen LogP contribution in [0.4, 0.5) is 0 Å². The molecular formula is C16H13ClO. The summed E-state index contributed by atoms with van der Waals surface area (Å²) < 4.78 is 0. The molecule has 18 heavy (non-hydrogen) atoms. The van der Waals surface area contributed by atoms with Crippen LogP contribution >= 0.6 is 11.6 Å². The SMILES string of the molecule is Oc1c(Cl)ccc2c1C1CCC2c2ccccc21. The standard InChI is InChI=1S/C16H13ClO/c17-14-8-7-13-11-5-6-12(15(13)16(14)18)10-4-2-1-3-9(10)11/h1-4,7-8,11-12,18H,5-6H2. The molecule has 2 heteroatoms. The Hall–Kier alpha value is -1.47. The smallest absolute Gasteiger partial charge is 0.138 e. The van der Waals surface area contributed by atoms with Crippen molar-refractivity contribution in [1.82, 2.24) is 0 Å². The topological polar surface area (TPSA) is 20.2 Å². The lowest BCUT2D eigenvalue weighted by atomic mass is 9.64. The average Bonchev–Trinajstić information content (AvgIpc) is 2.43. The van der Waals surface area contributed by atoms with Gasteiger partial charge in [-0.05, 0) is 35.6 Å². The van der Waals surface area contributed by atoms with Crippen LogP contribution in [0.15, 0.2) is 36.4 Å². The molecule has 0 spiro atoms. The zero-order chi connectivity index (χ0) is 12.3. The van der Waals surface area contributed by atoms with Gasteiger partial charge in [0, 0.05) is 17.4 Å². The van der Waals surface area contributed by atoms with E-state index in [1.54, 1.807) is 0 Å². The summed E-state index contributed by atoms with van der Waals surface area (Å²) in [6, 6.07) is 12.5. The van der Waals surface area contributed by atoms with Crippen LogP contribution in [0.2, 0.25) is 5.02 Å². The number of fused-ring (bicyclic) bond motifs is 1. The first-order valence-corrected chi connectivity index (χ1v) is 6.75. The highest BCUT2D eigenvalue weighted by molar-refractivity contribution is 6.32. The highest BCUT2D eigenvalue weighted by atomic mass is 35.5. The second kappa shape index (κ2) is 3.52. The van der Waals surface area contributed by atoms with Crippen LogP contribution in [0.3, 0.4) is 0 Å². The molecule has 0 aliphatic heterocycles. The zero-order valence-electron chi connectivity index (χ0n) is 9.86. The van der Waals surface area contributed by atoms with E-state index in [4.69, 9.17) is 11.6 Å². The fourth-order valence-corrected chi connectivity index (χ4v) is 3.84. The third-order valence-corrected chi connectivity index (χ3v) is 4.72. The lowest BCUT2D eigenvalue weighted by molar-refractivity contribution is 0.440. The van der Waals surface area contributed by atoms with Gasteiger partial charge in [-0.2, -0.15) is 0 Å². The van der Waals surface area contributed by atoms with Crippen LogP contribution in [0.1, 0.15) is 46.9 Å². The molecule has 2 bridgehead atoms. The van der Waals surface area contributed by atoms with Gasteiger partial charge >= 0.3 is 0 Å². The van der Waals surface area contributed by atoms with Gasteiger partial charge in [-0.1, -0.05) is 41.9 Å². The molecule has 0 amide bonds. The van der Waals surface area contributed by atoms with Gasteiger partial charge in [0.2, 0.25) is 0 Å². The van der Waals surface area contributed by atoms with E-state index in [-0.39, 0.29) is 0 Å². The Kier molecular flexibility index (Phi) is 2.04. The van der Waals surface area contributed by atoms with E-state index < -0.39 is 0 Å². The first-order valence-electron chi connectivity index (χ1n) is 6.37. The Bertz CT molecular complexity index is 648. The van der Waals surface area contributed by atoms with Crippen molar-refractivity contribution in [3.8, 4) is 5.75 Å². The van der Waals surface area contributed by atoms with E-state index in [0.29, 0.717) is 22.6 Å². The van der Waals surface area contributed by atoms with E-state index >= 15 is 0 Å². The largest absolute Gasteiger partial charge is 0.506 e. The summed E-state index contributed by atoms with van der Waals surface area (Å²) in [6.45, 7) is 0. The Morgan fingerprint density at radius 2 is 1.56 bits per heavy atom. The molecule has 3 aliphatic rings. The van der Waals surface area contributed by atoms with Crippen molar-refractivity contribution in [2.75, 3.05) is 0 Å². The summed E-state index contributed by atoms with van der Waals surface area (Å²) in [4.78, 5) is 0. The molecule has 0 radical (unpaired) electrons. The molecule has 3 aliphatic carbocycles. The molecule has 2 atom stereocenters. The van der Waals surface area contributed by atoms with Gasteiger partial charge in [-0.25, -0.2) is 0 Å². The van der Waals surface area contributed by atoms with Gasteiger partial charge in [-0.3, -0.25) is 0 Å². The van der Waals surface area contributed by atoms with Crippen LogP contribution < -0.4 is 0 Å². The van der Waals surface area contributed by atoms with Gasteiger partial charge < -0.3 is 5.11 Å². The number of hydrogen-bond donors (Lipinski definition) is 1. The van der Waals surface area contributed by atoms with E-state index in [2.05, 4.69) is 30.3 Å². The van der Waals surface area contributed by atoms with Gasteiger partial charge in [-0.15, -0.1) is 0 Å². The molecule has 0 saturated carbocycles. The quantitative estimate of drug-likeness (QED) is 0.740. The van der Waals surface area contributed by atoms with Crippen LogP contribution in [0.5, 0.6) is 5.75 Å². The summed E-state index contributed by atoms with van der Waals surface area (Å²) in [5.41, 5.74) is 5.14. The fourth-order valence-electron chi connectivity index (χ4n) is 3.68. The van der Waals surface area contributed by atoms with Crippen molar-refractivity contribution in [2.45, 2.75) is 24.7 Å². The number of benzene rings is 2. The van der Waals surface area contributed by atoms with E-state index in [9.17, 15) is 5.11 Å². The predicted molar refractivity (Wildman–Crippen MR) is 72.5 cm³/mol. The Morgan fingerprint density at radius 1 is 0.889 bits per heavy atom. The van der Waals surface area contributed by atoms with Gasteiger partial charge in [0.15, 0.2) is 0 Å². The second-order valence-corrected chi connectivity index (χ2v) is 5.62. The number of phenols is 1. The molecule has 0 aromatic heterocycles. The highest BCUT2D eigenvalue weighted by Gasteiger charge is 2.39. The fraction of sp³-hybridized carbons (Fsp3) is 0.250. The predicted octanol–water partition coefficient (Wildman–Crippen LogP) is 4.42. The molecule has 90 valence electrons. The maximum Gasteiger partial charge on any atom is 0.138 e. The summed E-state index contributed by atoms with van der Waals surface area (Å²) >= 11 is 6.06. The first kappa shape index (κ1) is 10.5. The number of hydrogen-bond acceptors (Lipinski definition) is 1. The molecule has 2 unspecified atom stereocenters. The second-order valence-electron chi connectivity index (χ2n) is 5.21. The third-order valence-electron chi connectivity index (χ3n) is 4.42. The summed E-state index contributed by atoms with van der Waals surface area (Å²) in [6.07, 6.45) is 2.29. The van der Waals surface area contributed by atoms with E-state index in [0.717, 1.165) is 12.0 Å². The van der Waals surface area contributed by atoms with Gasteiger partial charge in [0.05, 0.1) is 5.02 Å². The number of phenolic OH excluding ortho intramolecular Hbond substituents is 1. The maximum atomic E-state index is 10.3. The monoisotopic (exact) mass is 256 g/mol. The van der Waals surface area contributed by atoms with E-state index in [1.165, 1.54) is 23.1 Å². The summed E-state index contributed by atoms with van der Waals surface area (Å²) in [5, 5.41) is 10.7. The van der Waals surface area contributed by atoms with Crippen molar-refractivity contribution < 1.29 is 5.11 Å². The van der Waals surface area contributed by atoms with Crippen molar-refractivity contribution in [2.24, 2.45) is 0 Å². The lowest BCUT2D eigenvalue weighted by Gasteiger charge is -2.40. The minimum Gasteiger partial charge on any atom is -0.506 e. The number of aromatic hydroxyl groups is 1.